The van der Waals surface area contributed by atoms with E-state index >= 15 is 0 Å². The predicted octanol–water partition coefficient (Wildman–Crippen LogP) is 6.31. The minimum atomic E-state index is -0.257. The van der Waals surface area contributed by atoms with Gasteiger partial charge in [0.1, 0.15) is 17.0 Å². The number of ether oxygens (including phenoxy) is 2. The van der Waals surface area contributed by atoms with Gasteiger partial charge in [-0.05, 0) is 72.3 Å². The molecular formula is C27H22N2O4. The summed E-state index contributed by atoms with van der Waals surface area (Å²) >= 11 is 0. The molecule has 5 aromatic rings. The number of anilines is 1. The Morgan fingerprint density at radius 3 is 2.45 bits per heavy atom. The Bertz CT molecular complexity index is 1450. The molecule has 1 N–H and O–H groups in total. The molecule has 0 bridgehead atoms. The molecule has 0 unspecified atom stereocenters. The zero-order chi connectivity index (χ0) is 22.8. The van der Waals surface area contributed by atoms with E-state index in [9.17, 15) is 4.79 Å². The summed E-state index contributed by atoms with van der Waals surface area (Å²) in [6.07, 6.45) is 0. The summed E-state index contributed by atoms with van der Waals surface area (Å²) in [6.45, 7) is 2.56. The first kappa shape index (κ1) is 20.6. The Labute approximate surface area is 190 Å². The van der Waals surface area contributed by atoms with Gasteiger partial charge in [-0.25, -0.2) is 4.98 Å². The maximum absolute atomic E-state index is 13.0. The van der Waals surface area contributed by atoms with Crippen molar-refractivity contribution in [3.63, 3.8) is 0 Å². The van der Waals surface area contributed by atoms with E-state index in [0.29, 0.717) is 40.6 Å². The summed E-state index contributed by atoms with van der Waals surface area (Å²) in [5.41, 5.74) is 3.23. The fourth-order valence-electron chi connectivity index (χ4n) is 3.75. The summed E-state index contributed by atoms with van der Waals surface area (Å²) in [5, 5.41) is 4.92. The third kappa shape index (κ3) is 4.11. The average molecular weight is 438 g/mol. The number of oxazole rings is 1. The number of fused-ring (bicyclic) bond motifs is 2. The van der Waals surface area contributed by atoms with Crippen molar-refractivity contribution in [3.05, 3.63) is 84.4 Å². The third-order valence-corrected chi connectivity index (χ3v) is 5.37. The summed E-state index contributed by atoms with van der Waals surface area (Å²) in [5.74, 6) is 1.57. The van der Waals surface area contributed by atoms with E-state index in [2.05, 4.69) is 10.3 Å². The van der Waals surface area contributed by atoms with E-state index in [-0.39, 0.29) is 5.91 Å². The van der Waals surface area contributed by atoms with Crippen molar-refractivity contribution in [1.82, 2.24) is 4.98 Å². The zero-order valence-corrected chi connectivity index (χ0v) is 18.3. The van der Waals surface area contributed by atoms with E-state index in [1.807, 2.05) is 67.6 Å². The van der Waals surface area contributed by atoms with Gasteiger partial charge in [-0.2, -0.15) is 0 Å². The molecule has 0 spiro atoms. The summed E-state index contributed by atoms with van der Waals surface area (Å²) in [7, 11) is 1.56. The van der Waals surface area contributed by atoms with Crippen LogP contribution >= 0.6 is 0 Å². The Morgan fingerprint density at radius 2 is 1.73 bits per heavy atom. The average Bonchev–Trinajstić information content (AvgIpc) is 3.27. The van der Waals surface area contributed by atoms with Gasteiger partial charge in [0.05, 0.1) is 19.3 Å². The first-order chi connectivity index (χ1) is 16.1. The van der Waals surface area contributed by atoms with Crippen molar-refractivity contribution in [2.24, 2.45) is 0 Å². The second-order valence-electron chi connectivity index (χ2n) is 7.51. The molecule has 0 saturated heterocycles. The van der Waals surface area contributed by atoms with Crippen LogP contribution in [0.2, 0.25) is 0 Å². The Balaban J connectivity index is 1.41. The monoisotopic (exact) mass is 438 g/mol. The molecule has 1 heterocycles. The molecule has 0 atom stereocenters. The Morgan fingerprint density at radius 1 is 0.970 bits per heavy atom. The SMILES string of the molecule is CCOc1ccc(-c2nc3cc(NC(=O)c4cc5ccccc5cc4OC)ccc3o2)cc1. The minimum Gasteiger partial charge on any atom is -0.496 e. The summed E-state index contributed by atoms with van der Waals surface area (Å²) in [4.78, 5) is 17.6. The molecule has 5 rings (SSSR count). The third-order valence-electron chi connectivity index (χ3n) is 5.37. The zero-order valence-electron chi connectivity index (χ0n) is 18.3. The van der Waals surface area contributed by atoms with Gasteiger partial charge in [-0.3, -0.25) is 4.79 Å². The first-order valence-corrected chi connectivity index (χ1v) is 10.7. The molecule has 0 aliphatic carbocycles. The van der Waals surface area contributed by atoms with Crippen molar-refractivity contribution in [2.75, 3.05) is 19.0 Å². The summed E-state index contributed by atoms with van der Waals surface area (Å²) in [6, 6.07) is 24.5. The van der Waals surface area contributed by atoms with Gasteiger partial charge >= 0.3 is 0 Å². The molecule has 0 radical (unpaired) electrons. The fourth-order valence-corrected chi connectivity index (χ4v) is 3.75. The number of amides is 1. The standard InChI is InChI=1S/C27H22N2O4/c1-3-32-21-11-8-17(9-12-21)27-29-23-16-20(10-13-24(23)33-27)28-26(30)22-14-18-6-4-5-7-19(18)15-25(22)31-2/h4-16H,3H2,1-2H3,(H,28,30). The number of nitrogens with one attached hydrogen (secondary N) is 1. The van der Waals surface area contributed by atoms with Crippen LogP contribution in [0.1, 0.15) is 17.3 Å². The van der Waals surface area contributed by atoms with E-state index in [1.54, 1.807) is 25.3 Å². The van der Waals surface area contributed by atoms with Crippen LogP contribution in [0.15, 0.2) is 83.3 Å². The quantitative estimate of drug-likeness (QED) is 0.336. The van der Waals surface area contributed by atoms with Crippen molar-refractivity contribution >= 4 is 33.5 Å². The highest BCUT2D eigenvalue weighted by Crippen LogP contribution is 2.29. The van der Waals surface area contributed by atoms with Gasteiger partial charge in [-0.1, -0.05) is 24.3 Å². The fraction of sp³-hybridized carbons (Fsp3) is 0.111. The van der Waals surface area contributed by atoms with Gasteiger partial charge in [0.15, 0.2) is 5.58 Å². The molecule has 4 aromatic carbocycles. The molecule has 0 aliphatic rings. The topological polar surface area (TPSA) is 73.6 Å². The smallest absolute Gasteiger partial charge is 0.259 e. The van der Waals surface area contributed by atoms with E-state index < -0.39 is 0 Å². The highest BCUT2D eigenvalue weighted by Gasteiger charge is 2.15. The van der Waals surface area contributed by atoms with Crippen LogP contribution in [0.3, 0.4) is 0 Å². The highest BCUT2D eigenvalue weighted by molar-refractivity contribution is 6.09. The number of hydrogen-bond acceptors (Lipinski definition) is 5. The molecule has 6 nitrogen and oxygen atoms in total. The molecule has 0 fully saturated rings. The molecule has 1 amide bonds. The number of methoxy groups -OCH3 is 1. The lowest BCUT2D eigenvalue weighted by atomic mass is 10.1. The second-order valence-corrected chi connectivity index (χ2v) is 7.51. The van der Waals surface area contributed by atoms with Crippen LogP contribution in [0.4, 0.5) is 5.69 Å². The molecular weight excluding hydrogens is 416 g/mol. The number of carbonyl (C=O) groups is 1. The molecule has 0 aliphatic heterocycles. The summed E-state index contributed by atoms with van der Waals surface area (Å²) < 4.78 is 16.8. The van der Waals surface area contributed by atoms with Crippen molar-refractivity contribution in [1.29, 1.82) is 0 Å². The normalized spacial score (nSPS) is 11.0. The van der Waals surface area contributed by atoms with Crippen LogP contribution < -0.4 is 14.8 Å². The number of hydrogen-bond donors (Lipinski definition) is 1. The first-order valence-electron chi connectivity index (χ1n) is 10.7. The van der Waals surface area contributed by atoms with E-state index in [4.69, 9.17) is 13.9 Å². The Hall–Kier alpha value is -4.32. The predicted molar refractivity (Wildman–Crippen MR) is 129 cm³/mol. The second kappa shape index (κ2) is 8.67. The van der Waals surface area contributed by atoms with Crippen molar-refractivity contribution < 1.29 is 18.7 Å². The van der Waals surface area contributed by atoms with Crippen LogP contribution in [-0.4, -0.2) is 24.6 Å². The molecule has 164 valence electrons. The molecule has 1 aromatic heterocycles. The lowest BCUT2D eigenvalue weighted by molar-refractivity contribution is 0.102. The molecule has 33 heavy (non-hydrogen) atoms. The van der Waals surface area contributed by atoms with Gasteiger partial charge in [-0.15, -0.1) is 0 Å². The van der Waals surface area contributed by atoms with Crippen LogP contribution in [0.5, 0.6) is 11.5 Å². The number of aromatic nitrogens is 1. The van der Waals surface area contributed by atoms with Gasteiger partial charge in [0, 0.05) is 11.3 Å². The molecule has 0 saturated carbocycles. The van der Waals surface area contributed by atoms with Crippen LogP contribution in [0.25, 0.3) is 33.3 Å². The molecule has 6 heteroatoms. The van der Waals surface area contributed by atoms with Crippen molar-refractivity contribution in [2.45, 2.75) is 6.92 Å². The minimum absolute atomic E-state index is 0.257. The maximum atomic E-state index is 13.0. The number of benzene rings is 4. The Kier molecular flexibility index (Phi) is 5.40. The van der Waals surface area contributed by atoms with Gasteiger partial charge in [0.2, 0.25) is 5.89 Å². The number of rotatable bonds is 6. The highest BCUT2D eigenvalue weighted by atomic mass is 16.5. The lowest BCUT2D eigenvalue weighted by Gasteiger charge is -2.11. The number of carbonyl (C=O) groups excluding carboxylic acids is 1. The lowest BCUT2D eigenvalue weighted by Crippen LogP contribution is -2.13. The largest absolute Gasteiger partial charge is 0.496 e. The van der Waals surface area contributed by atoms with E-state index in [0.717, 1.165) is 22.1 Å². The van der Waals surface area contributed by atoms with Gasteiger partial charge in [0.25, 0.3) is 5.91 Å². The van der Waals surface area contributed by atoms with Gasteiger partial charge < -0.3 is 19.2 Å². The van der Waals surface area contributed by atoms with E-state index in [1.165, 1.54) is 0 Å². The van der Waals surface area contributed by atoms with Crippen molar-refractivity contribution in [3.8, 4) is 23.0 Å². The maximum Gasteiger partial charge on any atom is 0.259 e. The van der Waals surface area contributed by atoms with Crippen LogP contribution in [-0.2, 0) is 0 Å². The van der Waals surface area contributed by atoms with Crippen LogP contribution in [0, 0.1) is 0 Å². The number of nitrogens with zero attached hydrogens (tertiary/aromatic N) is 1.